The Morgan fingerprint density at radius 1 is 1.36 bits per heavy atom. The minimum atomic E-state index is -0.664. The van der Waals surface area contributed by atoms with Crippen molar-refractivity contribution in [3.8, 4) is 0 Å². The van der Waals surface area contributed by atoms with Crippen LogP contribution in [-0.4, -0.2) is 35.1 Å². The molecule has 22 heavy (non-hydrogen) atoms. The second kappa shape index (κ2) is 6.50. The van der Waals surface area contributed by atoms with Crippen molar-refractivity contribution in [3.05, 3.63) is 29.3 Å². The molecular weight excluding hydrogens is 322 g/mol. The molecule has 1 aromatic carbocycles. The lowest BCUT2D eigenvalue weighted by Crippen LogP contribution is -2.46. The van der Waals surface area contributed by atoms with E-state index in [0.717, 1.165) is 11.1 Å². The molecule has 1 aromatic rings. The summed E-state index contributed by atoms with van der Waals surface area (Å²) in [4.78, 5) is 25.6. The Hall–Kier alpha value is -1.86. The first-order valence-electron chi connectivity index (χ1n) is 6.59. The number of aryl methyl sites for hydroxylation is 2. The van der Waals surface area contributed by atoms with E-state index in [2.05, 4.69) is 0 Å². The molecule has 1 amide bonds. The Morgan fingerprint density at radius 2 is 1.95 bits per heavy atom. The molecule has 2 rings (SSSR count). The summed E-state index contributed by atoms with van der Waals surface area (Å²) in [6.07, 6.45) is 0.00464. The third kappa shape index (κ3) is 3.00. The SMILES string of the molecule is COC(=S)C(=O)N(c1c(C)cccc1C)C1CC(=O)OC1=S. The van der Waals surface area contributed by atoms with Gasteiger partial charge in [-0.15, -0.1) is 0 Å². The Balaban J connectivity index is 2.56. The number of esters is 1. The molecule has 0 spiro atoms. The van der Waals surface area contributed by atoms with Gasteiger partial charge >= 0.3 is 11.9 Å². The predicted octanol–water partition coefficient (Wildman–Crippen LogP) is 2.25. The number of methoxy groups -OCH3 is 1. The Labute approximate surface area is 139 Å². The fourth-order valence-corrected chi connectivity index (χ4v) is 2.81. The molecule has 1 aliphatic rings. The normalized spacial score (nSPS) is 17.1. The molecule has 0 bridgehead atoms. The number of hydrogen-bond acceptors (Lipinski definition) is 6. The minimum Gasteiger partial charge on any atom is -0.483 e. The number of cyclic esters (lactones) is 1. The molecule has 1 aliphatic heterocycles. The number of rotatable bonds is 2. The summed E-state index contributed by atoms with van der Waals surface area (Å²) in [5.41, 5.74) is 2.40. The molecule has 0 radical (unpaired) electrons. The van der Waals surface area contributed by atoms with Crippen LogP contribution in [0.4, 0.5) is 5.69 Å². The highest BCUT2D eigenvalue weighted by molar-refractivity contribution is 7.81. The van der Waals surface area contributed by atoms with Gasteiger partial charge in [-0.2, -0.15) is 0 Å². The molecule has 1 saturated heterocycles. The number of ether oxygens (including phenoxy) is 2. The summed E-state index contributed by atoms with van der Waals surface area (Å²) in [6, 6.07) is 4.97. The number of para-hydroxylation sites is 1. The Bertz CT molecular complexity index is 651. The van der Waals surface area contributed by atoms with Crippen LogP contribution in [0.15, 0.2) is 18.2 Å². The number of benzene rings is 1. The van der Waals surface area contributed by atoms with Gasteiger partial charge in [0.25, 0.3) is 5.05 Å². The number of nitrogens with zero attached hydrogens (tertiary/aromatic N) is 1. The van der Waals surface area contributed by atoms with Gasteiger partial charge in [0.05, 0.1) is 19.2 Å². The van der Waals surface area contributed by atoms with E-state index in [4.69, 9.17) is 33.9 Å². The van der Waals surface area contributed by atoms with Gasteiger partial charge in [-0.3, -0.25) is 14.5 Å². The highest BCUT2D eigenvalue weighted by Gasteiger charge is 2.40. The van der Waals surface area contributed by atoms with Crippen LogP contribution < -0.4 is 4.90 Å². The van der Waals surface area contributed by atoms with E-state index in [1.54, 1.807) is 0 Å². The summed E-state index contributed by atoms with van der Waals surface area (Å²) >= 11 is 10.1. The smallest absolute Gasteiger partial charge is 0.314 e. The first kappa shape index (κ1) is 16.5. The van der Waals surface area contributed by atoms with Crippen molar-refractivity contribution in [1.29, 1.82) is 0 Å². The van der Waals surface area contributed by atoms with E-state index in [1.807, 2.05) is 32.0 Å². The zero-order chi connectivity index (χ0) is 16.4. The van der Waals surface area contributed by atoms with E-state index in [-0.39, 0.29) is 16.5 Å². The quantitative estimate of drug-likeness (QED) is 0.609. The molecule has 0 aliphatic carbocycles. The fourth-order valence-electron chi connectivity index (χ4n) is 2.43. The van der Waals surface area contributed by atoms with E-state index in [1.165, 1.54) is 12.0 Å². The summed E-state index contributed by atoms with van der Waals surface area (Å²) in [6.45, 7) is 3.75. The molecular formula is C15H15NO4S2. The van der Waals surface area contributed by atoms with Crippen LogP contribution in [0.1, 0.15) is 17.5 Å². The van der Waals surface area contributed by atoms with Gasteiger partial charge in [0.2, 0.25) is 0 Å². The molecule has 1 unspecified atom stereocenters. The summed E-state index contributed by atoms with van der Waals surface area (Å²) in [5.74, 6) is -0.970. The maximum atomic E-state index is 12.7. The van der Waals surface area contributed by atoms with Crippen molar-refractivity contribution >= 4 is 52.1 Å². The number of thiocarbonyl (C=S) groups is 2. The Morgan fingerprint density at radius 3 is 2.41 bits per heavy atom. The lowest BCUT2D eigenvalue weighted by Gasteiger charge is -2.29. The average molecular weight is 337 g/mol. The molecule has 1 heterocycles. The van der Waals surface area contributed by atoms with Crippen LogP contribution in [0.25, 0.3) is 0 Å². The lowest BCUT2D eigenvalue weighted by molar-refractivity contribution is -0.132. The van der Waals surface area contributed by atoms with Gasteiger partial charge in [0.15, 0.2) is 5.05 Å². The van der Waals surface area contributed by atoms with E-state index < -0.39 is 17.9 Å². The number of amides is 1. The van der Waals surface area contributed by atoms with Crippen molar-refractivity contribution in [1.82, 2.24) is 0 Å². The third-order valence-electron chi connectivity index (χ3n) is 3.42. The summed E-state index contributed by atoms with van der Waals surface area (Å²) < 4.78 is 9.82. The third-order valence-corrected chi connectivity index (χ3v) is 4.11. The second-order valence-electron chi connectivity index (χ2n) is 4.92. The van der Waals surface area contributed by atoms with Gasteiger partial charge in [0.1, 0.15) is 6.04 Å². The maximum Gasteiger partial charge on any atom is 0.314 e. The number of carbonyl (C=O) groups is 2. The van der Waals surface area contributed by atoms with Crippen molar-refractivity contribution in [3.63, 3.8) is 0 Å². The first-order valence-corrected chi connectivity index (χ1v) is 7.40. The first-order chi connectivity index (χ1) is 10.4. The molecule has 0 aromatic heterocycles. The van der Waals surface area contributed by atoms with Crippen molar-refractivity contribution in [2.75, 3.05) is 12.0 Å². The van der Waals surface area contributed by atoms with Gasteiger partial charge in [-0.1, -0.05) is 18.2 Å². The largest absolute Gasteiger partial charge is 0.483 e. The molecule has 0 N–H and O–H groups in total. The maximum absolute atomic E-state index is 12.7. The zero-order valence-electron chi connectivity index (χ0n) is 12.4. The summed E-state index contributed by atoms with van der Waals surface area (Å²) in [5, 5.41) is -0.121. The Kier molecular flexibility index (Phi) is 4.87. The van der Waals surface area contributed by atoms with Crippen LogP contribution >= 0.6 is 24.4 Å². The second-order valence-corrected chi connectivity index (χ2v) is 5.69. The monoisotopic (exact) mass is 337 g/mol. The van der Waals surface area contributed by atoms with Crippen molar-refractivity contribution in [2.24, 2.45) is 0 Å². The van der Waals surface area contributed by atoms with Crippen LogP contribution in [0, 0.1) is 13.8 Å². The molecule has 1 fully saturated rings. The fraction of sp³-hybridized carbons (Fsp3) is 0.333. The minimum absolute atomic E-state index is 0.00464. The van der Waals surface area contributed by atoms with Crippen molar-refractivity contribution < 1.29 is 19.1 Å². The molecule has 0 saturated carbocycles. The van der Waals surface area contributed by atoms with Crippen LogP contribution in [0.5, 0.6) is 0 Å². The van der Waals surface area contributed by atoms with Gasteiger partial charge < -0.3 is 9.47 Å². The van der Waals surface area contributed by atoms with Crippen LogP contribution in [0.3, 0.4) is 0 Å². The highest BCUT2D eigenvalue weighted by Crippen LogP contribution is 2.30. The summed E-state index contributed by atoms with van der Waals surface area (Å²) in [7, 11) is 1.33. The van der Waals surface area contributed by atoms with Gasteiger partial charge in [-0.05, 0) is 49.4 Å². The molecule has 7 heteroatoms. The standard InChI is InChI=1S/C15H15NO4S2/c1-8-5-4-6-9(2)12(8)16(13(18)15(22)19-3)10-7-11(17)20-14(10)21/h4-6,10H,7H2,1-3H3. The lowest BCUT2D eigenvalue weighted by atomic mass is 10.0. The van der Waals surface area contributed by atoms with E-state index in [0.29, 0.717) is 5.69 Å². The predicted molar refractivity (Wildman–Crippen MR) is 90.1 cm³/mol. The van der Waals surface area contributed by atoms with E-state index in [9.17, 15) is 9.59 Å². The van der Waals surface area contributed by atoms with Gasteiger partial charge in [-0.25, -0.2) is 0 Å². The van der Waals surface area contributed by atoms with Crippen molar-refractivity contribution in [2.45, 2.75) is 26.3 Å². The number of anilines is 1. The topological polar surface area (TPSA) is 55.8 Å². The van der Waals surface area contributed by atoms with Crippen LogP contribution in [-0.2, 0) is 19.1 Å². The molecule has 5 nitrogen and oxygen atoms in total. The average Bonchev–Trinajstić information content (AvgIpc) is 2.80. The van der Waals surface area contributed by atoms with Crippen LogP contribution in [0.2, 0.25) is 0 Å². The van der Waals surface area contributed by atoms with E-state index >= 15 is 0 Å². The number of hydrogen-bond donors (Lipinski definition) is 0. The molecule has 116 valence electrons. The molecule has 1 atom stereocenters. The zero-order valence-corrected chi connectivity index (χ0v) is 14.0. The van der Waals surface area contributed by atoms with Gasteiger partial charge in [0, 0.05) is 0 Å². The highest BCUT2D eigenvalue weighted by atomic mass is 32.1. The number of carbonyl (C=O) groups excluding carboxylic acids is 2.